The molecule has 3 heterocycles. The summed E-state index contributed by atoms with van der Waals surface area (Å²) in [6.07, 6.45) is 2.87. The SMILES string of the molecule is CN(Cc1ccccc1F)CC1CC2(CCN(C(=O)c3ccc(C#N)nc3)CC2)C(=O)O1. The Morgan fingerprint density at radius 1 is 1.31 bits per heavy atom. The number of carbonyl (C=O) groups is 2. The minimum Gasteiger partial charge on any atom is -0.461 e. The van der Waals surface area contributed by atoms with Crippen molar-refractivity contribution >= 4 is 11.9 Å². The van der Waals surface area contributed by atoms with E-state index < -0.39 is 5.41 Å². The van der Waals surface area contributed by atoms with Gasteiger partial charge >= 0.3 is 5.97 Å². The Hall–Kier alpha value is -3.31. The number of ether oxygens (including phenoxy) is 1. The predicted molar refractivity (Wildman–Crippen MR) is 114 cm³/mol. The number of likely N-dealkylation sites (N-methyl/N-ethyl adjacent to an activating group) is 1. The zero-order chi connectivity index (χ0) is 22.7. The lowest BCUT2D eigenvalue weighted by molar-refractivity contribution is -0.151. The van der Waals surface area contributed by atoms with Gasteiger partial charge in [0.15, 0.2) is 0 Å². The highest BCUT2D eigenvalue weighted by Crippen LogP contribution is 2.43. The average Bonchev–Trinajstić information content (AvgIpc) is 3.09. The number of likely N-dealkylation sites (tertiary alicyclic amines) is 1. The predicted octanol–water partition coefficient (Wildman–Crippen LogP) is 2.76. The third kappa shape index (κ3) is 4.48. The summed E-state index contributed by atoms with van der Waals surface area (Å²) in [7, 11) is 1.89. The Balaban J connectivity index is 1.32. The summed E-state index contributed by atoms with van der Waals surface area (Å²) in [6.45, 7) is 1.90. The molecule has 2 aliphatic heterocycles. The molecule has 0 radical (unpaired) electrons. The number of cyclic esters (lactones) is 1. The topological polar surface area (TPSA) is 86.5 Å². The molecule has 4 rings (SSSR count). The third-order valence-corrected chi connectivity index (χ3v) is 6.37. The van der Waals surface area contributed by atoms with E-state index >= 15 is 0 Å². The van der Waals surface area contributed by atoms with Crippen LogP contribution in [0.25, 0.3) is 0 Å². The van der Waals surface area contributed by atoms with Crippen molar-refractivity contribution in [1.29, 1.82) is 5.26 Å². The van der Waals surface area contributed by atoms with E-state index in [4.69, 9.17) is 10.00 Å². The van der Waals surface area contributed by atoms with E-state index in [1.807, 2.05) is 18.0 Å². The van der Waals surface area contributed by atoms with Gasteiger partial charge in [0.25, 0.3) is 5.91 Å². The van der Waals surface area contributed by atoms with Crippen LogP contribution in [0.3, 0.4) is 0 Å². The fourth-order valence-corrected chi connectivity index (χ4v) is 4.58. The summed E-state index contributed by atoms with van der Waals surface area (Å²) in [5.41, 5.74) is 0.738. The largest absolute Gasteiger partial charge is 0.461 e. The van der Waals surface area contributed by atoms with Gasteiger partial charge in [0.05, 0.1) is 11.0 Å². The average molecular weight is 436 g/mol. The van der Waals surface area contributed by atoms with Crippen LogP contribution >= 0.6 is 0 Å². The first-order chi connectivity index (χ1) is 15.4. The zero-order valence-corrected chi connectivity index (χ0v) is 18.0. The van der Waals surface area contributed by atoms with Crippen LogP contribution in [0.1, 0.15) is 40.9 Å². The van der Waals surface area contributed by atoms with E-state index in [-0.39, 0.29) is 29.5 Å². The van der Waals surface area contributed by atoms with Crippen molar-refractivity contribution in [3.63, 3.8) is 0 Å². The van der Waals surface area contributed by atoms with Crippen molar-refractivity contribution in [2.24, 2.45) is 5.41 Å². The van der Waals surface area contributed by atoms with Gasteiger partial charge in [0.1, 0.15) is 23.7 Å². The molecule has 8 heteroatoms. The Kier molecular flexibility index (Phi) is 6.19. The first-order valence-corrected chi connectivity index (χ1v) is 10.7. The van der Waals surface area contributed by atoms with Gasteiger partial charge in [-0.3, -0.25) is 14.5 Å². The van der Waals surface area contributed by atoms with Gasteiger partial charge in [-0.1, -0.05) is 18.2 Å². The lowest BCUT2D eigenvalue weighted by Crippen LogP contribution is -2.45. The molecule has 32 heavy (non-hydrogen) atoms. The first kappa shape index (κ1) is 21.9. The molecule has 166 valence electrons. The number of rotatable bonds is 5. The lowest BCUT2D eigenvalue weighted by Gasteiger charge is -2.36. The molecule has 1 atom stereocenters. The molecule has 1 aromatic carbocycles. The molecule has 0 bridgehead atoms. The molecule has 2 aliphatic rings. The summed E-state index contributed by atoms with van der Waals surface area (Å²) < 4.78 is 19.6. The third-order valence-electron chi connectivity index (χ3n) is 6.37. The summed E-state index contributed by atoms with van der Waals surface area (Å²) in [6, 6.07) is 11.7. The molecule has 1 unspecified atom stereocenters. The van der Waals surface area contributed by atoms with Crippen molar-refractivity contribution in [2.45, 2.75) is 31.9 Å². The smallest absolute Gasteiger partial charge is 0.312 e. The minimum absolute atomic E-state index is 0.149. The Labute approximate surface area is 186 Å². The number of esters is 1. The number of pyridine rings is 1. The molecule has 7 nitrogen and oxygen atoms in total. The van der Waals surface area contributed by atoms with E-state index in [0.29, 0.717) is 56.6 Å². The fraction of sp³-hybridized carbons (Fsp3) is 0.417. The maximum Gasteiger partial charge on any atom is 0.312 e. The fourth-order valence-electron chi connectivity index (χ4n) is 4.58. The number of piperidine rings is 1. The zero-order valence-electron chi connectivity index (χ0n) is 18.0. The summed E-state index contributed by atoms with van der Waals surface area (Å²) in [5.74, 6) is -0.591. The number of nitriles is 1. The van der Waals surface area contributed by atoms with Crippen LogP contribution in [-0.4, -0.2) is 59.4 Å². The van der Waals surface area contributed by atoms with Gasteiger partial charge in [-0.25, -0.2) is 9.37 Å². The lowest BCUT2D eigenvalue weighted by atomic mass is 9.76. The highest BCUT2D eigenvalue weighted by molar-refractivity contribution is 5.94. The van der Waals surface area contributed by atoms with E-state index in [0.717, 1.165) is 0 Å². The van der Waals surface area contributed by atoms with Crippen LogP contribution < -0.4 is 0 Å². The van der Waals surface area contributed by atoms with Gasteiger partial charge in [-0.05, 0) is 38.1 Å². The molecular weight excluding hydrogens is 411 g/mol. The van der Waals surface area contributed by atoms with E-state index in [1.165, 1.54) is 18.3 Å². The van der Waals surface area contributed by atoms with Crippen molar-refractivity contribution < 1.29 is 18.7 Å². The number of benzene rings is 1. The maximum atomic E-state index is 13.9. The minimum atomic E-state index is -0.566. The Morgan fingerprint density at radius 2 is 2.06 bits per heavy atom. The number of hydrogen-bond acceptors (Lipinski definition) is 6. The van der Waals surface area contributed by atoms with Crippen LogP contribution in [0, 0.1) is 22.6 Å². The van der Waals surface area contributed by atoms with Crippen LogP contribution in [0.5, 0.6) is 0 Å². The number of halogens is 1. The number of aromatic nitrogens is 1. The number of carbonyl (C=O) groups excluding carboxylic acids is 2. The summed E-state index contributed by atoms with van der Waals surface area (Å²) >= 11 is 0. The van der Waals surface area contributed by atoms with Gasteiger partial charge in [-0.15, -0.1) is 0 Å². The van der Waals surface area contributed by atoms with Gasteiger partial charge < -0.3 is 9.64 Å². The highest BCUT2D eigenvalue weighted by Gasteiger charge is 2.51. The van der Waals surface area contributed by atoms with Gasteiger partial charge in [-0.2, -0.15) is 5.26 Å². The summed E-state index contributed by atoms with van der Waals surface area (Å²) in [4.78, 5) is 33.1. The number of hydrogen-bond donors (Lipinski definition) is 0. The van der Waals surface area contributed by atoms with E-state index in [1.54, 1.807) is 29.2 Å². The molecule has 0 saturated carbocycles. The van der Waals surface area contributed by atoms with Crippen LogP contribution in [0.2, 0.25) is 0 Å². The normalized spacial score (nSPS) is 19.8. The van der Waals surface area contributed by atoms with Crippen molar-refractivity contribution in [2.75, 3.05) is 26.7 Å². The Bertz CT molecular complexity index is 1040. The molecule has 2 aromatic rings. The second-order valence-corrected chi connectivity index (χ2v) is 8.64. The van der Waals surface area contributed by atoms with Crippen molar-refractivity contribution in [1.82, 2.24) is 14.8 Å². The van der Waals surface area contributed by atoms with Gasteiger partial charge in [0, 0.05) is 44.4 Å². The highest BCUT2D eigenvalue weighted by atomic mass is 19.1. The quantitative estimate of drug-likeness (QED) is 0.670. The number of nitrogens with zero attached hydrogens (tertiary/aromatic N) is 4. The second kappa shape index (κ2) is 9.05. The standard InChI is InChI=1S/C24H25FN4O3/c1-28(15-18-4-2-3-5-21(18)25)16-20-12-24(23(31)32-20)8-10-29(11-9-24)22(30)17-6-7-19(13-26)27-14-17/h2-7,14,20H,8-12,15-16H2,1H3. The van der Waals surface area contributed by atoms with Crippen molar-refractivity contribution in [3.05, 3.63) is 65.2 Å². The molecule has 0 aliphatic carbocycles. The van der Waals surface area contributed by atoms with Crippen molar-refractivity contribution in [3.8, 4) is 6.07 Å². The van der Waals surface area contributed by atoms with E-state index in [2.05, 4.69) is 4.98 Å². The number of amides is 1. The molecule has 1 spiro atoms. The molecule has 1 amide bonds. The van der Waals surface area contributed by atoms with Crippen LogP contribution in [0.15, 0.2) is 42.6 Å². The Morgan fingerprint density at radius 3 is 2.72 bits per heavy atom. The second-order valence-electron chi connectivity index (χ2n) is 8.64. The molecule has 2 saturated heterocycles. The molecular formula is C24H25FN4O3. The molecule has 1 aromatic heterocycles. The monoisotopic (exact) mass is 436 g/mol. The molecule has 2 fully saturated rings. The maximum absolute atomic E-state index is 13.9. The molecule has 0 N–H and O–H groups in total. The van der Waals surface area contributed by atoms with Gasteiger partial charge in [0.2, 0.25) is 0 Å². The van der Waals surface area contributed by atoms with Crippen LogP contribution in [-0.2, 0) is 16.1 Å². The van der Waals surface area contributed by atoms with E-state index in [9.17, 15) is 14.0 Å². The van der Waals surface area contributed by atoms with Crippen LogP contribution in [0.4, 0.5) is 4.39 Å². The first-order valence-electron chi connectivity index (χ1n) is 10.7. The summed E-state index contributed by atoms with van der Waals surface area (Å²) in [5, 5.41) is 8.85.